The van der Waals surface area contributed by atoms with Crippen molar-refractivity contribution in [3.05, 3.63) is 29.6 Å². The third kappa shape index (κ3) is 4.55. The van der Waals surface area contributed by atoms with Crippen LogP contribution in [0, 0.1) is 5.82 Å². The standard InChI is InChI=1S/C12H17FN2O4S/c1-3-19-12(16)9-6-10(13)8-11(7-9)20(17,18)15-5-4-14-2/h6-8,14-15H,3-5H2,1-2H3. The van der Waals surface area contributed by atoms with Gasteiger partial charge in [0.1, 0.15) is 5.82 Å². The Morgan fingerprint density at radius 2 is 2.00 bits per heavy atom. The summed E-state index contributed by atoms with van der Waals surface area (Å²) in [6.45, 7) is 2.31. The highest BCUT2D eigenvalue weighted by Crippen LogP contribution is 2.15. The van der Waals surface area contributed by atoms with Crippen molar-refractivity contribution in [1.29, 1.82) is 0 Å². The lowest BCUT2D eigenvalue weighted by Gasteiger charge is -2.08. The van der Waals surface area contributed by atoms with Crippen molar-refractivity contribution >= 4 is 16.0 Å². The van der Waals surface area contributed by atoms with Gasteiger partial charge < -0.3 is 10.1 Å². The van der Waals surface area contributed by atoms with Crippen molar-refractivity contribution in [2.75, 3.05) is 26.7 Å². The zero-order chi connectivity index (χ0) is 15.2. The molecule has 0 bridgehead atoms. The molecule has 0 aliphatic heterocycles. The second-order valence-corrected chi connectivity index (χ2v) is 5.66. The van der Waals surface area contributed by atoms with E-state index in [1.165, 1.54) is 0 Å². The third-order valence-electron chi connectivity index (χ3n) is 2.36. The molecule has 0 unspecified atom stereocenters. The monoisotopic (exact) mass is 304 g/mol. The Morgan fingerprint density at radius 1 is 1.30 bits per heavy atom. The maximum Gasteiger partial charge on any atom is 0.338 e. The van der Waals surface area contributed by atoms with Crippen LogP contribution in [0.2, 0.25) is 0 Å². The van der Waals surface area contributed by atoms with Gasteiger partial charge in [-0.3, -0.25) is 0 Å². The molecule has 20 heavy (non-hydrogen) atoms. The minimum atomic E-state index is -3.86. The topological polar surface area (TPSA) is 84.5 Å². The molecule has 0 spiro atoms. The van der Waals surface area contributed by atoms with Gasteiger partial charge in [-0.05, 0) is 32.2 Å². The van der Waals surface area contributed by atoms with E-state index in [0.717, 1.165) is 18.2 Å². The SMILES string of the molecule is CCOC(=O)c1cc(F)cc(S(=O)(=O)NCCNC)c1. The van der Waals surface area contributed by atoms with Crippen LogP contribution in [0.4, 0.5) is 4.39 Å². The Morgan fingerprint density at radius 3 is 2.60 bits per heavy atom. The Hall–Kier alpha value is -1.51. The summed E-state index contributed by atoms with van der Waals surface area (Å²) in [5.74, 6) is -1.58. The van der Waals surface area contributed by atoms with E-state index in [1.807, 2.05) is 0 Å². The van der Waals surface area contributed by atoms with Crippen molar-refractivity contribution in [3.8, 4) is 0 Å². The van der Waals surface area contributed by atoms with Crippen molar-refractivity contribution in [1.82, 2.24) is 10.0 Å². The summed E-state index contributed by atoms with van der Waals surface area (Å²) in [5, 5.41) is 2.77. The maximum atomic E-state index is 13.4. The molecule has 0 aromatic heterocycles. The summed E-state index contributed by atoms with van der Waals surface area (Å²) < 4.78 is 44.3. The van der Waals surface area contributed by atoms with Crippen molar-refractivity contribution < 1.29 is 22.3 Å². The van der Waals surface area contributed by atoms with Gasteiger partial charge in [0.05, 0.1) is 17.1 Å². The molecule has 0 atom stereocenters. The molecule has 2 N–H and O–H groups in total. The number of benzene rings is 1. The zero-order valence-corrected chi connectivity index (χ0v) is 12.1. The van der Waals surface area contributed by atoms with E-state index in [0.29, 0.717) is 6.54 Å². The lowest BCUT2D eigenvalue weighted by Crippen LogP contribution is -2.30. The number of ether oxygens (including phenoxy) is 1. The fourth-order valence-electron chi connectivity index (χ4n) is 1.44. The van der Waals surface area contributed by atoms with Crippen LogP contribution in [-0.2, 0) is 14.8 Å². The summed E-state index contributed by atoms with van der Waals surface area (Å²) in [6, 6.07) is 2.87. The van der Waals surface area contributed by atoms with Gasteiger partial charge in [-0.15, -0.1) is 0 Å². The van der Waals surface area contributed by atoms with E-state index in [2.05, 4.69) is 10.0 Å². The van der Waals surface area contributed by atoms with E-state index < -0.39 is 21.8 Å². The van der Waals surface area contributed by atoms with Crippen molar-refractivity contribution in [2.45, 2.75) is 11.8 Å². The largest absolute Gasteiger partial charge is 0.462 e. The molecule has 0 amide bonds. The van der Waals surface area contributed by atoms with E-state index in [4.69, 9.17) is 4.74 Å². The number of nitrogens with one attached hydrogen (secondary N) is 2. The van der Waals surface area contributed by atoms with Crippen LogP contribution in [0.5, 0.6) is 0 Å². The lowest BCUT2D eigenvalue weighted by molar-refractivity contribution is 0.0525. The predicted molar refractivity (Wildman–Crippen MR) is 71.5 cm³/mol. The van der Waals surface area contributed by atoms with E-state index in [9.17, 15) is 17.6 Å². The molecule has 1 aromatic rings. The first-order valence-corrected chi connectivity index (χ1v) is 7.51. The first-order valence-electron chi connectivity index (χ1n) is 6.02. The van der Waals surface area contributed by atoms with Gasteiger partial charge in [0.15, 0.2) is 0 Å². The summed E-state index contributed by atoms with van der Waals surface area (Å²) >= 11 is 0. The van der Waals surface area contributed by atoms with Gasteiger partial charge in [-0.1, -0.05) is 0 Å². The van der Waals surface area contributed by atoms with Crippen LogP contribution in [0.25, 0.3) is 0 Å². The van der Waals surface area contributed by atoms with Crippen molar-refractivity contribution in [2.24, 2.45) is 0 Å². The fourth-order valence-corrected chi connectivity index (χ4v) is 2.53. The number of esters is 1. The van der Waals surface area contributed by atoms with Gasteiger partial charge in [0, 0.05) is 13.1 Å². The summed E-state index contributed by atoms with van der Waals surface area (Å²) in [4.78, 5) is 11.2. The molecule has 6 nitrogen and oxygen atoms in total. The second-order valence-electron chi connectivity index (χ2n) is 3.90. The number of carbonyl (C=O) groups is 1. The van der Waals surface area contributed by atoms with Crippen molar-refractivity contribution in [3.63, 3.8) is 0 Å². The number of halogens is 1. The highest BCUT2D eigenvalue weighted by molar-refractivity contribution is 7.89. The van der Waals surface area contributed by atoms with E-state index in [1.54, 1.807) is 14.0 Å². The van der Waals surface area contributed by atoms with Crippen LogP contribution < -0.4 is 10.0 Å². The van der Waals surface area contributed by atoms with Gasteiger partial charge in [0.2, 0.25) is 10.0 Å². The van der Waals surface area contributed by atoms with Gasteiger partial charge >= 0.3 is 5.97 Å². The summed E-state index contributed by atoms with van der Waals surface area (Å²) in [6.07, 6.45) is 0. The molecule has 0 radical (unpaired) electrons. The first-order chi connectivity index (χ1) is 9.40. The molecule has 0 heterocycles. The normalized spacial score (nSPS) is 11.3. The Labute approximate surface area is 117 Å². The second kappa shape index (κ2) is 7.32. The molecule has 0 aliphatic carbocycles. The minimum absolute atomic E-state index is 0.123. The zero-order valence-electron chi connectivity index (χ0n) is 11.3. The van der Waals surface area contributed by atoms with Crippen LogP contribution >= 0.6 is 0 Å². The Bertz CT molecular complexity index is 575. The predicted octanol–water partition coefficient (Wildman–Crippen LogP) is 0.500. The summed E-state index contributed by atoms with van der Waals surface area (Å²) in [7, 11) is -2.19. The summed E-state index contributed by atoms with van der Waals surface area (Å²) in [5.41, 5.74) is -0.138. The smallest absolute Gasteiger partial charge is 0.338 e. The molecular formula is C12H17FN2O4S. The highest BCUT2D eigenvalue weighted by atomic mass is 32.2. The molecule has 0 fully saturated rings. The Kier molecular flexibility index (Phi) is 6.05. The number of hydrogen-bond donors (Lipinski definition) is 2. The van der Waals surface area contributed by atoms with Crippen LogP contribution in [0.1, 0.15) is 17.3 Å². The average molecular weight is 304 g/mol. The number of carbonyl (C=O) groups excluding carboxylic acids is 1. The number of hydrogen-bond acceptors (Lipinski definition) is 5. The third-order valence-corrected chi connectivity index (χ3v) is 3.80. The van der Waals surface area contributed by atoms with Crippen LogP contribution in [0.3, 0.4) is 0 Å². The molecule has 0 aliphatic rings. The lowest BCUT2D eigenvalue weighted by atomic mass is 10.2. The molecule has 0 saturated heterocycles. The fraction of sp³-hybridized carbons (Fsp3) is 0.417. The van der Waals surface area contributed by atoms with Gasteiger partial charge in [-0.2, -0.15) is 0 Å². The number of likely N-dealkylation sites (N-methyl/N-ethyl adjacent to an activating group) is 1. The average Bonchev–Trinajstić information content (AvgIpc) is 2.38. The van der Waals surface area contributed by atoms with E-state index in [-0.39, 0.29) is 23.6 Å². The van der Waals surface area contributed by atoms with Gasteiger partial charge in [-0.25, -0.2) is 22.3 Å². The number of sulfonamides is 1. The molecule has 112 valence electrons. The molecular weight excluding hydrogens is 287 g/mol. The number of rotatable bonds is 7. The minimum Gasteiger partial charge on any atom is -0.462 e. The molecule has 8 heteroatoms. The first kappa shape index (κ1) is 16.5. The quantitative estimate of drug-likeness (QED) is 0.566. The molecule has 1 aromatic carbocycles. The molecule has 1 rings (SSSR count). The Balaban J connectivity index is 3.03. The van der Waals surface area contributed by atoms with Crippen LogP contribution in [0.15, 0.2) is 23.1 Å². The maximum absolute atomic E-state index is 13.4. The molecule has 0 saturated carbocycles. The highest BCUT2D eigenvalue weighted by Gasteiger charge is 2.18. The van der Waals surface area contributed by atoms with Crippen LogP contribution in [-0.4, -0.2) is 41.1 Å². The van der Waals surface area contributed by atoms with E-state index >= 15 is 0 Å². The van der Waals surface area contributed by atoms with Gasteiger partial charge in [0.25, 0.3) is 0 Å².